The molecule has 0 aromatic rings. The molecule has 2 bridgehead atoms. The van der Waals surface area contributed by atoms with Gasteiger partial charge >= 0.3 is 6.18 Å². The molecule has 3 aliphatic heterocycles. The second-order valence-electron chi connectivity index (χ2n) is 5.24. The minimum absolute atomic E-state index is 0. The highest BCUT2D eigenvalue weighted by Crippen LogP contribution is 2.18. The predicted octanol–water partition coefficient (Wildman–Crippen LogP) is 0.722. The zero-order valence-electron chi connectivity index (χ0n) is 12.1. The molecular formula is C12H23F3IN5. The number of nitrogens with zero attached hydrogens (tertiary/aromatic N) is 3. The van der Waals surface area contributed by atoms with Crippen molar-refractivity contribution in [1.82, 2.24) is 20.4 Å². The van der Waals surface area contributed by atoms with E-state index < -0.39 is 12.6 Å². The van der Waals surface area contributed by atoms with E-state index in [1.54, 1.807) is 7.05 Å². The van der Waals surface area contributed by atoms with Crippen LogP contribution in [0.1, 0.15) is 6.42 Å². The number of fused-ring (bicyclic) bond motifs is 3. The fraction of sp³-hybridized carbons (Fsp3) is 0.917. The number of piperazine rings is 3. The molecule has 0 aromatic heterocycles. The molecule has 3 heterocycles. The summed E-state index contributed by atoms with van der Waals surface area (Å²) in [4.78, 5) is 8.80. The summed E-state index contributed by atoms with van der Waals surface area (Å²) in [7, 11) is 1.57. The smallest absolute Gasteiger partial charge is 0.356 e. The molecule has 0 saturated carbocycles. The van der Waals surface area contributed by atoms with Crippen molar-refractivity contribution in [2.45, 2.75) is 18.6 Å². The molecule has 0 radical (unpaired) electrons. The lowest BCUT2D eigenvalue weighted by atomic mass is 10.1. The maximum Gasteiger partial charge on any atom is 0.390 e. The van der Waals surface area contributed by atoms with Gasteiger partial charge in [-0.25, -0.2) is 0 Å². The van der Waals surface area contributed by atoms with Crippen molar-refractivity contribution in [1.29, 1.82) is 0 Å². The van der Waals surface area contributed by atoms with Crippen LogP contribution in [0.5, 0.6) is 0 Å². The van der Waals surface area contributed by atoms with Gasteiger partial charge in [0.25, 0.3) is 0 Å². The van der Waals surface area contributed by atoms with Crippen molar-refractivity contribution in [3.8, 4) is 0 Å². The summed E-state index contributed by atoms with van der Waals surface area (Å²) in [5.41, 5.74) is 0. The molecule has 5 nitrogen and oxygen atoms in total. The van der Waals surface area contributed by atoms with Crippen molar-refractivity contribution < 1.29 is 13.2 Å². The number of hydrogen-bond donors (Lipinski definition) is 2. The number of rotatable bonds is 4. The first-order chi connectivity index (χ1) is 9.48. The fourth-order valence-electron chi connectivity index (χ4n) is 2.68. The number of nitrogens with one attached hydrogen (secondary N) is 2. The molecule has 21 heavy (non-hydrogen) atoms. The van der Waals surface area contributed by atoms with Crippen molar-refractivity contribution >= 4 is 29.9 Å². The third-order valence-electron chi connectivity index (χ3n) is 3.82. The van der Waals surface area contributed by atoms with Crippen LogP contribution in [0, 0.1) is 0 Å². The van der Waals surface area contributed by atoms with Gasteiger partial charge in [0.1, 0.15) is 0 Å². The molecule has 3 aliphatic rings. The first kappa shape index (κ1) is 18.8. The Kier molecular flexibility index (Phi) is 7.48. The van der Waals surface area contributed by atoms with Gasteiger partial charge in [-0.05, 0) is 0 Å². The normalized spacial score (nSPS) is 29.0. The molecule has 3 saturated heterocycles. The number of hydrogen-bond acceptors (Lipinski definition) is 3. The zero-order chi connectivity index (χ0) is 14.6. The Morgan fingerprint density at radius 3 is 2.33 bits per heavy atom. The summed E-state index contributed by atoms with van der Waals surface area (Å²) in [6.45, 7) is 5.97. The van der Waals surface area contributed by atoms with Gasteiger partial charge in [0, 0.05) is 58.9 Å². The summed E-state index contributed by atoms with van der Waals surface area (Å²) in [6, 6.07) is 0.415. The summed E-state index contributed by atoms with van der Waals surface area (Å²) in [5, 5.41) is 5.81. The van der Waals surface area contributed by atoms with Crippen LogP contribution in [-0.4, -0.2) is 80.8 Å². The molecule has 0 aliphatic carbocycles. The average Bonchev–Trinajstić information content (AvgIpc) is 2.42. The summed E-state index contributed by atoms with van der Waals surface area (Å²) in [6.07, 6.45) is -4.98. The monoisotopic (exact) mass is 421 g/mol. The second-order valence-corrected chi connectivity index (χ2v) is 5.24. The van der Waals surface area contributed by atoms with Crippen LogP contribution >= 0.6 is 24.0 Å². The molecule has 3 fully saturated rings. The van der Waals surface area contributed by atoms with E-state index in [9.17, 15) is 13.2 Å². The minimum atomic E-state index is -4.13. The standard InChI is InChI=1S/C12H22F3N5.HI/c1-16-11(17-3-2-12(13,14)15)18-8-10-9-19-4-6-20(10)7-5-19;/h10H,2-9H2,1H3,(H2,16,17,18);1H. The van der Waals surface area contributed by atoms with Crippen molar-refractivity contribution in [3.63, 3.8) is 0 Å². The van der Waals surface area contributed by atoms with Crippen molar-refractivity contribution in [3.05, 3.63) is 0 Å². The predicted molar refractivity (Wildman–Crippen MR) is 87.3 cm³/mol. The highest BCUT2D eigenvalue weighted by Gasteiger charge is 2.31. The number of aliphatic imine (C=N–C) groups is 1. The second kappa shape index (κ2) is 8.37. The van der Waals surface area contributed by atoms with Gasteiger partial charge in [0.2, 0.25) is 0 Å². The van der Waals surface area contributed by atoms with E-state index in [4.69, 9.17) is 0 Å². The molecule has 2 N–H and O–H groups in total. The number of guanidine groups is 1. The van der Waals surface area contributed by atoms with Crippen LogP contribution in [0.2, 0.25) is 0 Å². The van der Waals surface area contributed by atoms with Crippen LogP contribution < -0.4 is 10.6 Å². The van der Waals surface area contributed by atoms with E-state index in [2.05, 4.69) is 25.4 Å². The number of halogens is 4. The third kappa shape index (κ3) is 6.15. The van der Waals surface area contributed by atoms with E-state index in [1.165, 1.54) is 0 Å². The van der Waals surface area contributed by atoms with Gasteiger partial charge in [0.15, 0.2) is 5.96 Å². The van der Waals surface area contributed by atoms with E-state index >= 15 is 0 Å². The Balaban J connectivity index is 0.00000220. The van der Waals surface area contributed by atoms with Gasteiger partial charge in [-0.2, -0.15) is 13.2 Å². The average molecular weight is 421 g/mol. The molecule has 0 amide bonds. The highest BCUT2D eigenvalue weighted by atomic mass is 127. The molecule has 0 spiro atoms. The quantitative estimate of drug-likeness (QED) is 0.399. The van der Waals surface area contributed by atoms with Crippen LogP contribution in [0.4, 0.5) is 13.2 Å². The zero-order valence-corrected chi connectivity index (χ0v) is 14.4. The van der Waals surface area contributed by atoms with Gasteiger partial charge in [-0.15, -0.1) is 24.0 Å². The van der Waals surface area contributed by atoms with E-state index in [-0.39, 0.29) is 30.5 Å². The minimum Gasteiger partial charge on any atom is -0.356 e. The van der Waals surface area contributed by atoms with Crippen LogP contribution in [0.15, 0.2) is 4.99 Å². The first-order valence-corrected chi connectivity index (χ1v) is 6.95. The molecule has 0 aromatic carbocycles. The Bertz CT molecular complexity index is 342. The molecule has 124 valence electrons. The lowest BCUT2D eigenvalue weighted by Gasteiger charge is -2.47. The Morgan fingerprint density at radius 1 is 1.19 bits per heavy atom. The van der Waals surface area contributed by atoms with Crippen LogP contribution in [0.25, 0.3) is 0 Å². The van der Waals surface area contributed by atoms with E-state index in [0.29, 0.717) is 18.5 Å². The summed E-state index contributed by atoms with van der Waals surface area (Å²) < 4.78 is 36.2. The topological polar surface area (TPSA) is 42.9 Å². The largest absolute Gasteiger partial charge is 0.390 e. The Hall–Kier alpha value is -0.290. The van der Waals surface area contributed by atoms with Gasteiger partial charge < -0.3 is 10.6 Å². The van der Waals surface area contributed by atoms with Crippen molar-refractivity contribution in [2.75, 3.05) is 52.9 Å². The van der Waals surface area contributed by atoms with Crippen LogP contribution in [0.3, 0.4) is 0 Å². The molecule has 1 atom stereocenters. The van der Waals surface area contributed by atoms with Crippen molar-refractivity contribution in [2.24, 2.45) is 4.99 Å². The van der Waals surface area contributed by atoms with Crippen LogP contribution in [-0.2, 0) is 0 Å². The van der Waals surface area contributed by atoms with E-state index in [0.717, 1.165) is 32.7 Å². The lowest BCUT2D eigenvalue weighted by molar-refractivity contribution is -0.132. The van der Waals surface area contributed by atoms with Gasteiger partial charge in [0.05, 0.1) is 6.42 Å². The fourth-order valence-corrected chi connectivity index (χ4v) is 2.68. The summed E-state index contributed by atoms with van der Waals surface area (Å²) >= 11 is 0. The first-order valence-electron chi connectivity index (χ1n) is 6.95. The maximum atomic E-state index is 12.1. The SMILES string of the molecule is CN=C(NCCC(F)(F)F)NCC1CN2CCN1CC2.I. The summed E-state index contributed by atoms with van der Waals surface area (Å²) in [5.74, 6) is 0.437. The lowest BCUT2D eigenvalue weighted by Crippen LogP contribution is -2.63. The number of alkyl halides is 3. The maximum absolute atomic E-state index is 12.1. The van der Waals surface area contributed by atoms with Gasteiger partial charge in [-0.1, -0.05) is 0 Å². The Morgan fingerprint density at radius 2 is 1.86 bits per heavy atom. The Labute approximate surface area is 140 Å². The third-order valence-corrected chi connectivity index (χ3v) is 3.82. The van der Waals surface area contributed by atoms with Gasteiger partial charge in [-0.3, -0.25) is 14.8 Å². The molecule has 3 rings (SSSR count). The molecule has 9 heteroatoms. The highest BCUT2D eigenvalue weighted by molar-refractivity contribution is 14.0. The van der Waals surface area contributed by atoms with E-state index in [1.807, 2.05) is 0 Å². The molecular weight excluding hydrogens is 398 g/mol. The molecule has 1 unspecified atom stereocenters.